The molecule has 0 spiro atoms. The van der Waals surface area contributed by atoms with Crippen LogP contribution in [0.2, 0.25) is 0 Å². The van der Waals surface area contributed by atoms with Gasteiger partial charge in [0.2, 0.25) is 5.13 Å². The van der Waals surface area contributed by atoms with Crippen LogP contribution in [0.1, 0.15) is 37.5 Å². The van der Waals surface area contributed by atoms with E-state index in [4.69, 9.17) is 9.52 Å². The number of aryl methyl sites for hydroxylation is 2. The van der Waals surface area contributed by atoms with Crippen molar-refractivity contribution in [2.24, 2.45) is 5.10 Å². The molecule has 0 saturated heterocycles. The van der Waals surface area contributed by atoms with E-state index in [9.17, 15) is 0 Å². The molecule has 0 aliphatic heterocycles. The molecule has 0 aliphatic carbocycles. The predicted octanol–water partition coefficient (Wildman–Crippen LogP) is 7.55. The quantitative estimate of drug-likeness (QED) is 0.287. The van der Waals surface area contributed by atoms with Crippen molar-refractivity contribution in [2.75, 3.05) is 5.43 Å². The van der Waals surface area contributed by atoms with Gasteiger partial charge in [-0.25, -0.2) is 4.98 Å². The van der Waals surface area contributed by atoms with Gasteiger partial charge in [0, 0.05) is 17.0 Å². The third-order valence-corrected chi connectivity index (χ3v) is 6.72. The van der Waals surface area contributed by atoms with E-state index in [1.165, 1.54) is 11.1 Å². The van der Waals surface area contributed by atoms with Gasteiger partial charge in [0.15, 0.2) is 0 Å². The molecule has 5 aromatic rings. The second kappa shape index (κ2) is 8.16. The van der Waals surface area contributed by atoms with E-state index in [1.807, 2.05) is 24.3 Å². The first-order chi connectivity index (χ1) is 15.8. The van der Waals surface area contributed by atoms with Crippen LogP contribution in [-0.4, -0.2) is 4.98 Å². The van der Waals surface area contributed by atoms with E-state index < -0.39 is 0 Å². The van der Waals surface area contributed by atoms with Gasteiger partial charge in [-0.3, -0.25) is 5.43 Å². The number of nitrogens with one attached hydrogen (secondary N) is 1. The Bertz CT molecular complexity index is 1500. The maximum absolute atomic E-state index is 6.40. The lowest BCUT2D eigenvalue weighted by Gasteiger charge is -2.19. The lowest BCUT2D eigenvalue weighted by atomic mass is 9.86. The summed E-state index contributed by atoms with van der Waals surface area (Å²) in [7, 11) is 0. The molecule has 0 bridgehead atoms. The van der Waals surface area contributed by atoms with Gasteiger partial charge in [-0.15, -0.1) is 0 Å². The van der Waals surface area contributed by atoms with Crippen LogP contribution in [0.15, 0.2) is 76.2 Å². The van der Waals surface area contributed by atoms with Crippen molar-refractivity contribution < 1.29 is 4.42 Å². The lowest BCUT2D eigenvalue weighted by molar-refractivity contribution is 0.589. The lowest BCUT2D eigenvalue weighted by Crippen LogP contribution is -2.10. The van der Waals surface area contributed by atoms with E-state index in [2.05, 4.69) is 87.5 Å². The van der Waals surface area contributed by atoms with Crippen molar-refractivity contribution in [3.63, 3.8) is 0 Å². The molecule has 0 atom stereocenters. The zero-order chi connectivity index (χ0) is 23.2. The van der Waals surface area contributed by atoms with E-state index in [1.54, 1.807) is 11.3 Å². The van der Waals surface area contributed by atoms with Crippen LogP contribution in [0, 0.1) is 13.8 Å². The van der Waals surface area contributed by atoms with Crippen LogP contribution >= 0.6 is 11.3 Å². The number of hydrogen-bond acceptors (Lipinski definition) is 5. The fourth-order valence-electron chi connectivity index (χ4n) is 4.02. The Kier molecular flexibility index (Phi) is 5.29. The number of benzene rings is 3. The molecule has 33 heavy (non-hydrogen) atoms. The second-order valence-electron chi connectivity index (χ2n) is 9.49. The Labute approximate surface area is 197 Å². The molecular formula is C28H27N3OS. The number of rotatable bonds is 3. The highest BCUT2D eigenvalue weighted by Crippen LogP contribution is 2.29. The summed E-state index contributed by atoms with van der Waals surface area (Å²) in [5.41, 5.74) is 9.70. The number of fused-ring (bicyclic) bond motifs is 2. The van der Waals surface area contributed by atoms with Gasteiger partial charge < -0.3 is 4.42 Å². The van der Waals surface area contributed by atoms with Gasteiger partial charge in [0.1, 0.15) is 11.3 Å². The van der Waals surface area contributed by atoms with Crippen LogP contribution in [0.3, 0.4) is 0 Å². The molecule has 0 fully saturated rings. The number of aromatic nitrogens is 1. The molecular weight excluding hydrogens is 426 g/mol. The molecule has 0 amide bonds. The molecule has 1 N–H and O–H groups in total. The fraction of sp³-hybridized carbons (Fsp3) is 0.214. The first-order valence-electron chi connectivity index (χ1n) is 11.1. The number of para-hydroxylation sites is 1. The monoisotopic (exact) mass is 453 g/mol. The van der Waals surface area contributed by atoms with Gasteiger partial charge in [-0.1, -0.05) is 74.6 Å². The summed E-state index contributed by atoms with van der Waals surface area (Å²) in [6, 6.07) is 23.0. The Morgan fingerprint density at radius 2 is 1.70 bits per heavy atom. The highest BCUT2D eigenvalue weighted by molar-refractivity contribution is 7.22. The molecule has 0 aliphatic rings. The summed E-state index contributed by atoms with van der Waals surface area (Å²) in [4.78, 5) is 4.65. The maximum atomic E-state index is 6.40. The van der Waals surface area contributed by atoms with E-state index in [-0.39, 0.29) is 5.41 Å². The van der Waals surface area contributed by atoms with E-state index >= 15 is 0 Å². The predicted molar refractivity (Wildman–Crippen MR) is 139 cm³/mol. The zero-order valence-corrected chi connectivity index (χ0v) is 20.4. The number of thiazole rings is 1. The summed E-state index contributed by atoms with van der Waals surface area (Å²) < 4.78 is 7.53. The summed E-state index contributed by atoms with van der Waals surface area (Å²) >= 11 is 1.59. The Morgan fingerprint density at radius 1 is 0.939 bits per heavy atom. The summed E-state index contributed by atoms with van der Waals surface area (Å²) in [5.74, 6) is 0.791. The number of nitrogens with zero attached hydrogens (tertiary/aromatic N) is 2. The average molecular weight is 454 g/mol. The van der Waals surface area contributed by atoms with Crippen molar-refractivity contribution in [1.29, 1.82) is 0 Å². The summed E-state index contributed by atoms with van der Waals surface area (Å²) in [5, 5.41) is 7.35. The summed E-state index contributed by atoms with van der Waals surface area (Å²) in [6.45, 7) is 10.8. The molecule has 0 radical (unpaired) electrons. The largest absolute Gasteiger partial charge is 0.456 e. The highest BCUT2D eigenvalue weighted by atomic mass is 32.1. The zero-order valence-electron chi connectivity index (χ0n) is 19.6. The van der Waals surface area contributed by atoms with Crippen LogP contribution < -0.4 is 10.8 Å². The van der Waals surface area contributed by atoms with Gasteiger partial charge in [0.25, 0.3) is 0 Å². The normalized spacial score (nSPS) is 12.6. The Hall–Kier alpha value is -3.44. The van der Waals surface area contributed by atoms with Crippen LogP contribution in [0.5, 0.6) is 0 Å². The van der Waals surface area contributed by atoms with Crippen LogP contribution in [0.4, 0.5) is 5.13 Å². The van der Waals surface area contributed by atoms with Gasteiger partial charge >= 0.3 is 0 Å². The number of anilines is 1. The minimum atomic E-state index is 0.106. The smallest absolute Gasteiger partial charge is 0.204 e. The minimum Gasteiger partial charge on any atom is -0.456 e. The van der Waals surface area contributed by atoms with Gasteiger partial charge in [0.05, 0.1) is 15.6 Å². The molecule has 0 unspecified atom stereocenters. The highest BCUT2D eigenvalue weighted by Gasteiger charge is 2.14. The average Bonchev–Trinajstić information content (AvgIpc) is 3.20. The first kappa shape index (κ1) is 21.4. The standard InChI is InChI=1S/C28H27N3OS/c1-17-14-18(2)26-21(15-17)23(30-31-27-29-22-8-6-7-9-25(22)33-27)16-24(32-26)19-10-12-20(13-11-19)28(3,4)5/h6-16H,1-5H3,(H,29,31). The molecule has 3 aromatic carbocycles. The molecule has 166 valence electrons. The third-order valence-electron chi connectivity index (χ3n) is 5.78. The van der Waals surface area contributed by atoms with Gasteiger partial charge in [-0.05, 0) is 54.2 Å². The third kappa shape index (κ3) is 4.29. The van der Waals surface area contributed by atoms with Crippen molar-refractivity contribution in [3.05, 3.63) is 88.8 Å². The van der Waals surface area contributed by atoms with Crippen molar-refractivity contribution in [2.45, 2.75) is 40.0 Å². The Balaban J connectivity index is 1.64. The topological polar surface area (TPSA) is 50.4 Å². The van der Waals surface area contributed by atoms with Crippen LogP contribution in [-0.2, 0) is 5.41 Å². The molecule has 2 heterocycles. The first-order valence-corrected chi connectivity index (χ1v) is 11.9. The molecule has 0 saturated carbocycles. The fourth-order valence-corrected chi connectivity index (χ4v) is 4.83. The summed E-state index contributed by atoms with van der Waals surface area (Å²) in [6.07, 6.45) is 0. The molecule has 2 aromatic heterocycles. The van der Waals surface area contributed by atoms with E-state index in [0.717, 1.165) is 48.6 Å². The van der Waals surface area contributed by atoms with Gasteiger partial charge in [-0.2, -0.15) is 5.10 Å². The SMILES string of the molecule is Cc1cc(C)c2oc(-c3ccc(C(C)(C)C)cc3)cc(=NNc3nc4ccccc4s3)c2c1. The molecule has 4 nitrogen and oxygen atoms in total. The maximum Gasteiger partial charge on any atom is 0.204 e. The number of hydrogen-bond donors (Lipinski definition) is 1. The van der Waals surface area contributed by atoms with Crippen molar-refractivity contribution in [1.82, 2.24) is 4.98 Å². The van der Waals surface area contributed by atoms with Crippen molar-refractivity contribution >= 4 is 37.7 Å². The van der Waals surface area contributed by atoms with E-state index in [0.29, 0.717) is 0 Å². The van der Waals surface area contributed by atoms with Crippen LogP contribution in [0.25, 0.3) is 32.5 Å². The Morgan fingerprint density at radius 3 is 2.42 bits per heavy atom. The minimum absolute atomic E-state index is 0.106. The molecule has 5 heteroatoms. The van der Waals surface area contributed by atoms with Crippen molar-refractivity contribution in [3.8, 4) is 11.3 Å². The second-order valence-corrected chi connectivity index (χ2v) is 10.5. The molecule has 5 rings (SSSR count).